The zero-order valence-electron chi connectivity index (χ0n) is 19.7. The van der Waals surface area contributed by atoms with E-state index in [2.05, 4.69) is 51.3 Å². The first-order valence-corrected chi connectivity index (χ1v) is 11.1. The van der Waals surface area contributed by atoms with Gasteiger partial charge >= 0.3 is 0 Å². The van der Waals surface area contributed by atoms with Gasteiger partial charge in [-0.05, 0) is 61.1 Å². The molecule has 1 aliphatic carbocycles. The van der Waals surface area contributed by atoms with E-state index < -0.39 is 0 Å². The molecule has 0 saturated carbocycles. The maximum Gasteiger partial charge on any atom is 0.122 e. The van der Waals surface area contributed by atoms with E-state index in [0.29, 0.717) is 12.2 Å². The number of hydrogen-bond donors (Lipinski definition) is 1. The van der Waals surface area contributed by atoms with Crippen molar-refractivity contribution in [3.63, 3.8) is 0 Å². The number of benzene rings is 1. The Bertz CT molecular complexity index is 876. The number of aliphatic hydroxyl groups excluding tert-OH is 1. The number of aliphatic hydroxyl groups is 1. The van der Waals surface area contributed by atoms with Gasteiger partial charge in [0.15, 0.2) is 0 Å². The highest BCUT2D eigenvalue weighted by molar-refractivity contribution is 5.44. The monoisotopic (exact) mass is 418 g/mol. The zero-order chi connectivity index (χ0) is 23.1. The second-order valence-electron chi connectivity index (χ2n) is 7.39. The highest BCUT2D eigenvalue weighted by atomic mass is 16.5. The Kier molecular flexibility index (Phi) is 12.5. The summed E-state index contributed by atoms with van der Waals surface area (Å²) in [6.45, 7) is 16.3. The van der Waals surface area contributed by atoms with E-state index in [4.69, 9.17) is 4.74 Å². The first-order chi connectivity index (χ1) is 14.9. The Hall–Kier alpha value is -3.00. The van der Waals surface area contributed by atoms with Gasteiger partial charge in [0, 0.05) is 12.8 Å². The summed E-state index contributed by atoms with van der Waals surface area (Å²) in [5, 5.41) is 9.44. The van der Waals surface area contributed by atoms with Crippen molar-refractivity contribution in [3.05, 3.63) is 114 Å². The van der Waals surface area contributed by atoms with Crippen molar-refractivity contribution in [1.29, 1.82) is 0 Å². The van der Waals surface area contributed by atoms with Crippen LogP contribution in [-0.2, 0) is 12.8 Å². The molecule has 2 aliphatic rings. The molecular weight excluding hydrogens is 380 g/mol. The molecule has 0 bridgehead atoms. The van der Waals surface area contributed by atoms with E-state index in [9.17, 15) is 5.11 Å². The standard InChI is InChI=1S/C12H16O.C10H12O.C7H10/c1-3-10(4-2)11-7-5-6-8-12(13)9-11;1-2-8-3-4-10-9(7-8)5-6-11-10;1-4-5-6-7(2)3/h3,5-7,9,13H,4,8H2,1-2H3;3-4,7H,2,5-6H2,1H3;4-6H,1-2H2,3H3/b10-3+;;6-5-. The van der Waals surface area contributed by atoms with Crippen LogP contribution in [0.5, 0.6) is 5.75 Å². The predicted molar refractivity (Wildman–Crippen MR) is 136 cm³/mol. The quantitative estimate of drug-likeness (QED) is 0.489. The fourth-order valence-corrected chi connectivity index (χ4v) is 3.11. The van der Waals surface area contributed by atoms with Gasteiger partial charge in [0.25, 0.3) is 0 Å². The zero-order valence-corrected chi connectivity index (χ0v) is 19.7. The smallest absolute Gasteiger partial charge is 0.122 e. The van der Waals surface area contributed by atoms with Gasteiger partial charge in [-0.3, -0.25) is 0 Å². The molecule has 1 aromatic carbocycles. The minimum Gasteiger partial charge on any atom is -0.512 e. The second kappa shape index (κ2) is 14.9. The van der Waals surface area contributed by atoms with Gasteiger partial charge in [-0.25, -0.2) is 0 Å². The average Bonchev–Trinajstić information content (AvgIpc) is 3.14. The maximum absolute atomic E-state index is 9.44. The van der Waals surface area contributed by atoms with Gasteiger partial charge in [0.05, 0.1) is 12.4 Å². The number of aryl methyl sites for hydroxylation is 1. The van der Waals surface area contributed by atoms with Gasteiger partial charge in [0.2, 0.25) is 0 Å². The maximum atomic E-state index is 9.44. The van der Waals surface area contributed by atoms with Crippen molar-refractivity contribution < 1.29 is 9.84 Å². The third-order valence-corrected chi connectivity index (χ3v) is 4.84. The molecule has 2 heteroatoms. The van der Waals surface area contributed by atoms with E-state index in [1.165, 1.54) is 16.7 Å². The molecule has 31 heavy (non-hydrogen) atoms. The number of hydrogen-bond acceptors (Lipinski definition) is 2. The molecule has 3 rings (SSSR count). The molecule has 0 amide bonds. The van der Waals surface area contributed by atoms with E-state index in [-0.39, 0.29) is 0 Å². The van der Waals surface area contributed by atoms with E-state index in [1.54, 1.807) is 6.08 Å². The summed E-state index contributed by atoms with van der Waals surface area (Å²) < 4.78 is 5.40. The lowest BCUT2D eigenvalue weighted by Gasteiger charge is -2.04. The lowest BCUT2D eigenvalue weighted by atomic mass is 10.0. The lowest BCUT2D eigenvalue weighted by Crippen LogP contribution is -1.86. The minimum absolute atomic E-state index is 0.438. The van der Waals surface area contributed by atoms with Crippen LogP contribution < -0.4 is 4.74 Å². The van der Waals surface area contributed by atoms with Crippen molar-refractivity contribution in [1.82, 2.24) is 0 Å². The first-order valence-electron chi connectivity index (χ1n) is 11.1. The molecule has 0 fully saturated rings. The molecule has 2 nitrogen and oxygen atoms in total. The van der Waals surface area contributed by atoms with Crippen LogP contribution in [0.25, 0.3) is 0 Å². The summed E-state index contributed by atoms with van der Waals surface area (Å²) in [6.07, 6.45) is 19.3. The normalized spacial score (nSPS) is 14.6. The molecule has 0 saturated heterocycles. The summed E-state index contributed by atoms with van der Waals surface area (Å²) in [4.78, 5) is 0. The molecule has 0 spiro atoms. The average molecular weight is 419 g/mol. The molecule has 1 aromatic rings. The van der Waals surface area contributed by atoms with Crippen LogP contribution in [0.1, 0.15) is 51.7 Å². The molecule has 166 valence electrons. The summed E-state index contributed by atoms with van der Waals surface area (Å²) >= 11 is 0. The van der Waals surface area contributed by atoms with E-state index >= 15 is 0 Å². The third-order valence-electron chi connectivity index (χ3n) is 4.84. The van der Waals surface area contributed by atoms with E-state index in [1.807, 2.05) is 50.3 Å². The molecule has 1 N–H and O–H groups in total. The molecule has 1 aliphatic heterocycles. The first kappa shape index (κ1) is 26.0. The second-order valence-corrected chi connectivity index (χ2v) is 7.39. The largest absolute Gasteiger partial charge is 0.512 e. The number of allylic oxidation sites excluding steroid dienone is 11. The number of rotatable bonds is 5. The van der Waals surface area contributed by atoms with E-state index in [0.717, 1.165) is 42.8 Å². The molecular formula is C29H38O2. The highest BCUT2D eigenvalue weighted by Crippen LogP contribution is 2.25. The van der Waals surface area contributed by atoms with Crippen molar-refractivity contribution in [3.8, 4) is 5.75 Å². The van der Waals surface area contributed by atoms with Crippen molar-refractivity contribution in [2.75, 3.05) is 6.61 Å². The van der Waals surface area contributed by atoms with Crippen LogP contribution >= 0.6 is 0 Å². The van der Waals surface area contributed by atoms with Crippen LogP contribution in [0.2, 0.25) is 0 Å². The van der Waals surface area contributed by atoms with Crippen LogP contribution in [0.4, 0.5) is 0 Å². The SMILES string of the molecule is C/C=C(\CC)C1=CC=CCC(O)=C1.C=C/C=C\C(=C)C.CCc1ccc2c(c1)CCO2. The Morgan fingerprint density at radius 2 is 2.03 bits per heavy atom. The van der Waals surface area contributed by atoms with Gasteiger partial charge in [0.1, 0.15) is 5.75 Å². The number of fused-ring (bicyclic) bond motifs is 1. The van der Waals surface area contributed by atoms with Crippen LogP contribution in [0.3, 0.4) is 0 Å². The molecule has 1 heterocycles. The molecule has 0 aromatic heterocycles. The van der Waals surface area contributed by atoms with Crippen LogP contribution in [0, 0.1) is 0 Å². The molecule has 0 radical (unpaired) electrons. The molecule has 0 atom stereocenters. The Morgan fingerprint density at radius 3 is 2.61 bits per heavy atom. The summed E-state index contributed by atoms with van der Waals surface area (Å²) in [6, 6.07) is 6.48. The topological polar surface area (TPSA) is 29.5 Å². The van der Waals surface area contributed by atoms with Crippen molar-refractivity contribution in [2.24, 2.45) is 0 Å². The Morgan fingerprint density at radius 1 is 1.26 bits per heavy atom. The Balaban J connectivity index is 0.000000244. The van der Waals surface area contributed by atoms with Gasteiger partial charge < -0.3 is 9.84 Å². The Labute approximate surface area is 189 Å². The van der Waals surface area contributed by atoms with Crippen LogP contribution in [0.15, 0.2) is 102 Å². The van der Waals surface area contributed by atoms with Crippen molar-refractivity contribution >= 4 is 0 Å². The third kappa shape index (κ3) is 10.0. The fourth-order valence-electron chi connectivity index (χ4n) is 3.11. The van der Waals surface area contributed by atoms with Crippen molar-refractivity contribution in [2.45, 2.75) is 53.4 Å². The highest BCUT2D eigenvalue weighted by Gasteiger charge is 2.10. The number of ether oxygens (including phenoxy) is 1. The summed E-state index contributed by atoms with van der Waals surface area (Å²) in [5.74, 6) is 1.52. The molecule has 0 unspecified atom stereocenters. The van der Waals surface area contributed by atoms with Crippen LogP contribution in [-0.4, -0.2) is 11.7 Å². The van der Waals surface area contributed by atoms with Gasteiger partial charge in [-0.2, -0.15) is 0 Å². The predicted octanol–water partition coefficient (Wildman–Crippen LogP) is 8.16. The minimum atomic E-state index is 0.438. The van der Waals surface area contributed by atoms with Gasteiger partial charge in [-0.15, -0.1) is 0 Å². The lowest BCUT2D eigenvalue weighted by molar-refractivity contribution is 0.357. The van der Waals surface area contributed by atoms with Gasteiger partial charge in [-0.1, -0.05) is 87.2 Å². The summed E-state index contributed by atoms with van der Waals surface area (Å²) in [5.41, 5.74) is 6.24. The fraction of sp³-hybridized carbons (Fsp3) is 0.310. The summed E-state index contributed by atoms with van der Waals surface area (Å²) in [7, 11) is 0.